The Bertz CT molecular complexity index is 181. The molecule has 0 bridgehead atoms. The van der Waals surface area contributed by atoms with E-state index in [-0.39, 0.29) is 5.97 Å². The number of esters is 1. The Labute approximate surface area is 81.0 Å². The summed E-state index contributed by atoms with van der Waals surface area (Å²) in [5.74, 6) is -0.140. The second kappa shape index (κ2) is 5.79. The van der Waals surface area contributed by atoms with Crippen molar-refractivity contribution in [1.82, 2.24) is 0 Å². The van der Waals surface area contributed by atoms with Crippen molar-refractivity contribution in [1.29, 1.82) is 0 Å². The topological polar surface area (TPSA) is 26.3 Å². The summed E-state index contributed by atoms with van der Waals surface area (Å²) in [7, 11) is 0. The minimum Gasteiger partial charge on any atom is -0.465 e. The maximum atomic E-state index is 11.5. The van der Waals surface area contributed by atoms with Crippen molar-refractivity contribution in [3.05, 3.63) is 12.2 Å². The highest BCUT2D eigenvalue weighted by Crippen LogP contribution is 2.19. The first-order valence-corrected chi connectivity index (χ1v) is 4.89. The van der Waals surface area contributed by atoms with Crippen molar-refractivity contribution in [2.45, 2.75) is 40.5 Å². The van der Waals surface area contributed by atoms with Gasteiger partial charge in [-0.05, 0) is 26.7 Å². The summed E-state index contributed by atoms with van der Waals surface area (Å²) in [5, 5.41) is 0. The molecular weight excluding hydrogens is 164 g/mol. The van der Waals surface area contributed by atoms with Crippen LogP contribution in [0.1, 0.15) is 40.5 Å². The standard InChI is InChI=1S/C11H20O2/c1-5-7-8-11(3,4)10(12)13-9-6-2/h7-8H,5-6,9H2,1-4H3. The van der Waals surface area contributed by atoms with E-state index in [0.29, 0.717) is 6.61 Å². The van der Waals surface area contributed by atoms with Gasteiger partial charge < -0.3 is 4.74 Å². The molecule has 0 aromatic heterocycles. The van der Waals surface area contributed by atoms with Gasteiger partial charge >= 0.3 is 5.97 Å². The van der Waals surface area contributed by atoms with Gasteiger partial charge in [0.25, 0.3) is 0 Å². The molecule has 0 saturated carbocycles. The van der Waals surface area contributed by atoms with Crippen LogP contribution in [-0.4, -0.2) is 12.6 Å². The third-order valence-electron chi connectivity index (χ3n) is 1.73. The second-order valence-electron chi connectivity index (χ2n) is 3.67. The quantitative estimate of drug-likeness (QED) is 0.485. The van der Waals surface area contributed by atoms with E-state index in [2.05, 4.69) is 0 Å². The molecular formula is C11H20O2. The first kappa shape index (κ1) is 12.2. The van der Waals surface area contributed by atoms with Crippen LogP contribution < -0.4 is 0 Å². The molecule has 0 aromatic carbocycles. The molecule has 2 nitrogen and oxygen atoms in total. The summed E-state index contributed by atoms with van der Waals surface area (Å²) in [6.07, 6.45) is 5.72. The average Bonchev–Trinajstić information content (AvgIpc) is 2.10. The maximum Gasteiger partial charge on any atom is 0.315 e. The van der Waals surface area contributed by atoms with Gasteiger partial charge in [0, 0.05) is 0 Å². The molecule has 0 saturated heterocycles. The van der Waals surface area contributed by atoms with Gasteiger partial charge in [-0.25, -0.2) is 0 Å². The molecule has 0 heterocycles. The van der Waals surface area contributed by atoms with Crippen LogP contribution in [0, 0.1) is 5.41 Å². The molecule has 0 fully saturated rings. The molecule has 0 aromatic rings. The average molecular weight is 184 g/mol. The van der Waals surface area contributed by atoms with Gasteiger partial charge in [-0.3, -0.25) is 4.79 Å². The minimum absolute atomic E-state index is 0.140. The monoisotopic (exact) mass is 184 g/mol. The fourth-order valence-corrected chi connectivity index (χ4v) is 0.861. The Morgan fingerprint density at radius 1 is 1.38 bits per heavy atom. The summed E-state index contributed by atoms with van der Waals surface area (Å²) in [4.78, 5) is 11.5. The van der Waals surface area contributed by atoms with Crippen LogP contribution in [0.4, 0.5) is 0 Å². The molecule has 0 unspecified atom stereocenters. The van der Waals surface area contributed by atoms with E-state index in [1.165, 1.54) is 0 Å². The first-order valence-electron chi connectivity index (χ1n) is 4.89. The van der Waals surface area contributed by atoms with Crippen LogP contribution >= 0.6 is 0 Å². The fourth-order valence-electron chi connectivity index (χ4n) is 0.861. The van der Waals surface area contributed by atoms with Crippen LogP contribution in [0.15, 0.2) is 12.2 Å². The Morgan fingerprint density at radius 2 is 2.00 bits per heavy atom. The van der Waals surface area contributed by atoms with E-state index in [1.807, 2.05) is 39.8 Å². The van der Waals surface area contributed by atoms with Crippen LogP contribution in [0.3, 0.4) is 0 Å². The van der Waals surface area contributed by atoms with Crippen LogP contribution in [0.25, 0.3) is 0 Å². The number of allylic oxidation sites excluding steroid dienone is 1. The second-order valence-corrected chi connectivity index (χ2v) is 3.67. The molecule has 13 heavy (non-hydrogen) atoms. The van der Waals surface area contributed by atoms with Crippen molar-refractivity contribution < 1.29 is 9.53 Å². The number of ether oxygens (including phenoxy) is 1. The van der Waals surface area contributed by atoms with Gasteiger partial charge in [-0.2, -0.15) is 0 Å². The summed E-state index contributed by atoms with van der Waals surface area (Å²) in [5.41, 5.74) is -0.481. The zero-order valence-electron chi connectivity index (χ0n) is 9.09. The summed E-state index contributed by atoms with van der Waals surface area (Å²) < 4.78 is 5.06. The summed E-state index contributed by atoms with van der Waals surface area (Å²) >= 11 is 0. The van der Waals surface area contributed by atoms with Crippen molar-refractivity contribution in [2.75, 3.05) is 6.61 Å². The van der Waals surface area contributed by atoms with Gasteiger partial charge in [-0.15, -0.1) is 0 Å². The Kier molecular flexibility index (Phi) is 5.44. The molecule has 0 spiro atoms. The molecule has 0 radical (unpaired) electrons. The maximum absolute atomic E-state index is 11.5. The van der Waals surface area contributed by atoms with Crippen molar-refractivity contribution in [2.24, 2.45) is 5.41 Å². The Hall–Kier alpha value is -0.790. The fraction of sp³-hybridized carbons (Fsp3) is 0.727. The zero-order valence-corrected chi connectivity index (χ0v) is 9.09. The first-order chi connectivity index (χ1) is 6.04. The number of carbonyl (C=O) groups excluding carboxylic acids is 1. The number of hydrogen-bond acceptors (Lipinski definition) is 2. The van der Waals surface area contributed by atoms with Gasteiger partial charge in [-0.1, -0.05) is 26.0 Å². The molecule has 0 amide bonds. The molecule has 0 rings (SSSR count). The molecule has 0 aliphatic rings. The van der Waals surface area contributed by atoms with Gasteiger partial charge in [0.2, 0.25) is 0 Å². The van der Waals surface area contributed by atoms with Crippen LogP contribution in [0.2, 0.25) is 0 Å². The molecule has 0 aliphatic heterocycles. The summed E-state index contributed by atoms with van der Waals surface area (Å²) in [6, 6.07) is 0. The molecule has 0 N–H and O–H groups in total. The van der Waals surface area contributed by atoms with E-state index in [0.717, 1.165) is 12.8 Å². The van der Waals surface area contributed by atoms with Gasteiger partial charge in [0.05, 0.1) is 12.0 Å². The van der Waals surface area contributed by atoms with E-state index in [1.54, 1.807) is 0 Å². The Morgan fingerprint density at radius 3 is 2.46 bits per heavy atom. The Balaban J connectivity index is 4.10. The largest absolute Gasteiger partial charge is 0.465 e. The minimum atomic E-state index is -0.481. The lowest BCUT2D eigenvalue weighted by atomic mass is 9.93. The molecule has 0 aliphatic carbocycles. The van der Waals surface area contributed by atoms with Crippen LogP contribution in [0.5, 0.6) is 0 Å². The van der Waals surface area contributed by atoms with Gasteiger partial charge in [0.1, 0.15) is 0 Å². The molecule has 0 atom stereocenters. The van der Waals surface area contributed by atoms with Crippen molar-refractivity contribution in [3.63, 3.8) is 0 Å². The lowest BCUT2D eigenvalue weighted by Crippen LogP contribution is -2.24. The number of hydrogen-bond donors (Lipinski definition) is 0. The van der Waals surface area contributed by atoms with Crippen molar-refractivity contribution >= 4 is 5.97 Å². The van der Waals surface area contributed by atoms with Gasteiger partial charge in [0.15, 0.2) is 0 Å². The lowest BCUT2D eigenvalue weighted by Gasteiger charge is -2.17. The summed E-state index contributed by atoms with van der Waals surface area (Å²) in [6.45, 7) is 8.29. The number of rotatable bonds is 5. The third-order valence-corrected chi connectivity index (χ3v) is 1.73. The zero-order chi connectivity index (χ0) is 10.3. The van der Waals surface area contributed by atoms with E-state index < -0.39 is 5.41 Å². The predicted octanol–water partition coefficient (Wildman–Crippen LogP) is 2.93. The highest BCUT2D eigenvalue weighted by atomic mass is 16.5. The lowest BCUT2D eigenvalue weighted by molar-refractivity contribution is -0.151. The highest BCUT2D eigenvalue weighted by Gasteiger charge is 2.25. The highest BCUT2D eigenvalue weighted by molar-refractivity contribution is 5.78. The predicted molar refractivity (Wildman–Crippen MR) is 54.5 cm³/mol. The van der Waals surface area contributed by atoms with Crippen LogP contribution in [-0.2, 0) is 9.53 Å². The molecule has 76 valence electrons. The number of carbonyl (C=O) groups is 1. The van der Waals surface area contributed by atoms with E-state index in [9.17, 15) is 4.79 Å². The van der Waals surface area contributed by atoms with Crippen molar-refractivity contribution in [3.8, 4) is 0 Å². The normalized spacial score (nSPS) is 12.0. The smallest absolute Gasteiger partial charge is 0.315 e. The van der Waals surface area contributed by atoms with E-state index >= 15 is 0 Å². The SMILES string of the molecule is CCC=CC(C)(C)C(=O)OCCC. The van der Waals surface area contributed by atoms with E-state index in [4.69, 9.17) is 4.74 Å². The molecule has 2 heteroatoms. The third kappa shape index (κ3) is 4.71.